The van der Waals surface area contributed by atoms with Crippen LogP contribution in [0.2, 0.25) is 0 Å². The van der Waals surface area contributed by atoms with Crippen molar-refractivity contribution < 1.29 is 9.47 Å². The Kier molecular flexibility index (Phi) is 4.93. The molecule has 1 heterocycles. The Morgan fingerprint density at radius 1 is 1.00 bits per heavy atom. The molecule has 4 heteroatoms. The first-order valence-electron chi connectivity index (χ1n) is 7.65. The molecule has 0 fully saturated rings. The lowest BCUT2D eigenvalue weighted by atomic mass is 9.93. The highest BCUT2D eigenvalue weighted by Crippen LogP contribution is 2.41. The van der Waals surface area contributed by atoms with E-state index >= 15 is 0 Å². The van der Waals surface area contributed by atoms with E-state index in [1.165, 1.54) is 0 Å². The van der Waals surface area contributed by atoms with Crippen LogP contribution in [0.25, 0.3) is 0 Å². The standard InChI is InChI=1S/C18H27NO2S/c1-17(2,3)15-19-14(22-16(21-15)18(4,5)6)12-8-10-13(20-7)11-9-12/h8-11,15-16H,1-7H3. The third kappa shape index (κ3) is 4.05. The Bertz CT molecular complexity index is 538. The molecule has 0 spiro atoms. The lowest BCUT2D eigenvalue weighted by Gasteiger charge is -2.40. The fourth-order valence-electron chi connectivity index (χ4n) is 2.07. The number of hydrogen-bond donors (Lipinski definition) is 0. The minimum atomic E-state index is -0.130. The van der Waals surface area contributed by atoms with E-state index in [9.17, 15) is 0 Å². The summed E-state index contributed by atoms with van der Waals surface area (Å²) in [5.74, 6) is 0.862. The minimum Gasteiger partial charge on any atom is -0.497 e. The molecule has 2 rings (SSSR count). The first-order chi connectivity index (χ1) is 10.1. The fourth-order valence-corrected chi connectivity index (χ4v) is 3.21. The van der Waals surface area contributed by atoms with Gasteiger partial charge in [0.1, 0.15) is 16.2 Å². The molecule has 2 unspecified atom stereocenters. The van der Waals surface area contributed by atoms with E-state index in [4.69, 9.17) is 14.5 Å². The van der Waals surface area contributed by atoms with E-state index in [1.807, 2.05) is 12.1 Å². The predicted octanol–water partition coefficient (Wildman–Crippen LogP) is 4.95. The molecule has 122 valence electrons. The van der Waals surface area contributed by atoms with Crippen LogP contribution in [0.3, 0.4) is 0 Å². The van der Waals surface area contributed by atoms with Gasteiger partial charge in [-0.15, -0.1) is 0 Å². The second kappa shape index (κ2) is 6.25. The summed E-state index contributed by atoms with van der Waals surface area (Å²) in [6.07, 6.45) is -0.130. The van der Waals surface area contributed by atoms with Crippen LogP contribution in [0.5, 0.6) is 5.75 Å². The third-order valence-corrected chi connectivity index (χ3v) is 5.09. The molecule has 22 heavy (non-hydrogen) atoms. The SMILES string of the molecule is COc1ccc(C2=NC(C(C)(C)C)OC(C(C)(C)C)S2)cc1. The molecule has 0 radical (unpaired) electrons. The van der Waals surface area contributed by atoms with Crippen molar-refractivity contribution in [2.45, 2.75) is 53.2 Å². The summed E-state index contributed by atoms with van der Waals surface area (Å²) in [7, 11) is 1.68. The molecular weight excluding hydrogens is 294 g/mol. The summed E-state index contributed by atoms with van der Waals surface area (Å²) in [6.45, 7) is 13.1. The van der Waals surface area contributed by atoms with Crippen LogP contribution in [0.15, 0.2) is 29.3 Å². The molecule has 1 aliphatic rings. The Labute approximate surface area is 138 Å². The molecular formula is C18H27NO2S. The summed E-state index contributed by atoms with van der Waals surface area (Å²) >= 11 is 1.71. The van der Waals surface area contributed by atoms with Gasteiger partial charge in [0.2, 0.25) is 0 Å². The van der Waals surface area contributed by atoms with E-state index in [1.54, 1.807) is 18.9 Å². The maximum atomic E-state index is 6.26. The summed E-state index contributed by atoms with van der Waals surface area (Å²) in [5.41, 5.74) is 1.24. The van der Waals surface area contributed by atoms with Gasteiger partial charge in [0.05, 0.1) is 7.11 Å². The average molecular weight is 321 g/mol. The Hall–Kier alpha value is -1.00. The van der Waals surface area contributed by atoms with Crippen molar-refractivity contribution in [1.29, 1.82) is 0 Å². The first-order valence-corrected chi connectivity index (χ1v) is 8.53. The molecule has 1 aliphatic heterocycles. The van der Waals surface area contributed by atoms with Crippen molar-refractivity contribution in [3.05, 3.63) is 29.8 Å². The van der Waals surface area contributed by atoms with Gasteiger partial charge < -0.3 is 9.47 Å². The molecule has 0 saturated heterocycles. The molecule has 0 N–H and O–H groups in total. The molecule has 0 amide bonds. The lowest BCUT2D eigenvalue weighted by Crippen LogP contribution is -2.40. The topological polar surface area (TPSA) is 30.8 Å². The van der Waals surface area contributed by atoms with Gasteiger partial charge in [-0.25, -0.2) is 4.99 Å². The number of ether oxygens (including phenoxy) is 2. The maximum Gasteiger partial charge on any atom is 0.155 e. The molecule has 1 aromatic carbocycles. The second-order valence-electron chi connectivity index (χ2n) is 7.83. The molecule has 0 aliphatic carbocycles. The Morgan fingerprint density at radius 2 is 1.59 bits per heavy atom. The van der Waals surface area contributed by atoms with Crippen LogP contribution in [-0.2, 0) is 4.74 Å². The fraction of sp³-hybridized carbons (Fsp3) is 0.611. The van der Waals surface area contributed by atoms with Crippen LogP contribution in [-0.4, -0.2) is 23.8 Å². The predicted molar refractivity (Wildman–Crippen MR) is 94.7 cm³/mol. The number of methoxy groups -OCH3 is 1. The summed E-state index contributed by atoms with van der Waals surface area (Å²) < 4.78 is 11.5. The van der Waals surface area contributed by atoms with Crippen molar-refractivity contribution in [3.8, 4) is 5.75 Å². The van der Waals surface area contributed by atoms with Crippen LogP contribution in [0.4, 0.5) is 0 Å². The first kappa shape index (κ1) is 17.4. The molecule has 0 bridgehead atoms. The summed E-state index contributed by atoms with van der Waals surface area (Å²) in [4.78, 5) is 4.86. The zero-order chi connectivity index (χ0) is 16.5. The van der Waals surface area contributed by atoms with E-state index in [2.05, 4.69) is 53.7 Å². The van der Waals surface area contributed by atoms with Gasteiger partial charge >= 0.3 is 0 Å². The normalized spacial score (nSPS) is 23.1. The largest absolute Gasteiger partial charge is 0.497 e. The van der Waals surface area contributed by atoms with Gasteiger partial charge in [0.15, 0.2) is 6.23 Å². The van der Waals surface area contributed by atoms with Crippen LogP contribution in [0, 0.1) is 10.8 Å². The third-order valence-electron chi connectivity index (χ3n) is 3.49. The maximum absolute atomic E-state index is 6.26. The highest BCUT2D eigenvalue weighted by atomic mass is 32.2. The highest BCUT2D eigenvalue weighted by Gasteiger charge is 2.38. The van der Waals surface area contributed by atoms with Gasteiger partial charge in [0, 0.05) is 11.0 Å². The van der Waals surface area contributed by atoms with Crippen molar-refractivity contribution in [2.75, 3.05) is 7.11 Å². The Morgan fingerprint density at radius 3 is 2.05 bits per heavy atom. The lowest BCUT2D eigenvalue weighted by molar-refractivity contribution is -0.0616. The van der Waals surface area contributed by atoms with Crippen molar-refractivity contribution in [3.63, 3.8) is 0 Å². The van der Waals surface area contributed by atoms with Gasteiger partial charge in [-0.05, 0) is 29.7 Å². The number of nitrogens with zero attached hydrogens (tertiary/aromatic N) is 1. The van der Waals surface area contributed by atoms with Crippen LogP contribution >= 0.6 is 11.8 Å². The van der Waals surface area contributed by atoms with Crippen molar-refractivity contribution in [1.82, 2.24) is 0 Å². The van der Waals surface area contributed by atoms with E-state index < -0.39 is 0 Å². The number of aliphatic imine (C=N–C) groups is 1. The minimum absolute atomic E-state index is 0.0256. The number of benzene rings is 1. The van der Waals surface area contributed by atoms with E-state index in [0.717, 1.165) is 16.4 Å². The summed E-state index contributed by atoms with van der Waals surface area (Å²) in [5, 5.41) is 1.05. The van der Waals surface area contributed by atoms with Crippen LogP contribution < -0.4 is 4.74 Å². The zero-order valence-corrected chi connectivity index (χ0v) is 15.5. The van der Waals surface area contributed by atoms with Gasteiger partial charge in [0.25, 0.3) is 0 Å². The van der Waals surface area contributed by atoms with Crippen LogP contribution in [0.1, 0.15) is 47.1 Å². The zero-order valence-electron chi connectivity index (χ0n) is 14.6. The Balaban J connectivity index is 2.35. The molecule has 0 saturated carbocycles. The quantitative estimate of drug-likeness (QED) is 0.772. The molecule has 2 atom stereocenters. The number of rotatable bonds is 2. The second-order valence-corrected chi connectivity index (χ2v) is 8.88. The van der Waals surface area contributed by atoms with Crippen molar-refractivity contribution in [2.24, 2.45) is 15.8 Å². The van der Waals surface area contributed by atoms with E-state index in [-0.39, 0.29) is 22.5 Å². The smallest absolute Gasteiger partial charge is 0.155 e. The van der Waals surface area contributed by atoms with Gasteiger partial charge in [-0.1, -0.05) is 53.3 Å². The average Bonchev–Trinajstić information content (AvgIpc) is 2.45. The van der Waals surface area contributed by atoms with Gasteiger partial charge in [-0.2, -0.15) is 0 Å². The number of hydrogen-bond acceptors (Lipinski definition) is 4. The van der Waals surface area contributed by atoms with E-state index in [0.29, 0.717) is 0 Å². The highest BCUT2D eigenvalue weighted by molar-refractivity contribution is 8.14. The number of thioether (sulfide) groups is 1. The van der Waals surface area contributed by atoms with Gasteiger partial charge in [-0.3, -0.25) is 0 Å². The van der Waals surface area contributed by atoms with Crippen molar-refractivity contribution >= 4 is 16.8 Å². The summed E-state index contributed by atoms with van der Waals surface area (Å²) in [6, 6.07) is 8.09. The molecule has 1 aromatic rings. The monoisotopic (exact) mass is 321 g/mol. The molecule has 3 nitrogen and oxygen atoms in total. The molecule has 0 aromatic heterocycles.